The van der Waals surface area contributed by atoms with Crippen LogP contribution < -0.4 is 0 Å². The number of hydrogen-bond donors (Lipinski definition) is 0. The molecule has 0 aromatic carbocycles. The molecule has 0 N–H and O–H groups in total. The molecule has 0 saturated carbocycles. The van der Waals surface area contributed by atoms with Crippen LogP contribution in [0.5, 0.6) is 0 Å². The van der Waals surface area contributed by atoms with Crippen LogP contribution in [0.1, 0.15) is 0 Å². The zero-order chi connectivity index (χ0) is 3.41. The van der Waals surface area contributed by atoms with Gasteiger partial charge < -0.3 is 0 Å². The summed E-state index contributed by atoms with van der Waals surface area (Å²) >= 11 is 0. The van der Waals surface area contributed by atoms with Crippen molar-refractivity contribution >= 4 is 13.7 Å². The summed E-state index contributed by atoms with van der Waals surface area (Å²) in [6, 6.07) is 0. The first-order chi connectivity index (χ1) is 1.91. The molecule has 0 atom stereocenters. The van der Waals surface area contributed by atoms with Crippen molar-refractivity contribution < 1.29 is 9.36 Å². The first kappa shape index (κ1) is 3.81. The fourth-order valence-corrected chi connectivity index (χ4v) is 0. The van der Waals surface area contributed by atoms with Crippen molar-refractivity contribution in [3.05, 3.63) is 0 Å². The fourth-order valence-electron chi connectivity index (χ4n) is 0. The van der Waals surface area contributed by atoms with E-state index in [1.165, 1.54) is 0 Å². The molecular weight excluding hydrogens is 75.0 g/mol. The molecule has 0 aliphatic carbocycles. The Kier molecular flexibility index (Phi) is 2.68. The molecule has 0 spiro atoms. The third-order valence-electron chi connectivity index (χ3n) is 0.0373. The summed E-state index contributed by atoms with van der Waals surface area (Å²) < 4.78 is 8.85. The van der Waals surface area contributed by atoms with Crippen LogP contribution in [-0.2, 0) is 9.36 Å². The Morgan fingerprint density at radius 2 is 2.00 bits per heavy atom. The summed E-state index contributed by atoms with van der Waals surface area (Å²) in [6.45, 7) is 0. The minimum atomic E-state index is -0.557. The Bertz CT molecular complexity index is 56.1. The van der Waals surface area contributed by atoms with Crippen molar-refractivity contribution in [3.8, 4) is 0 Å². The van der Waals surface area contributed by atoms with E-state index in [1.807, 2.05) is 0 Å². The molecule has 0 aromatic heterocycles. The third kappa shape index (κ3) is 1.81. The van der Waals surface area contributed by atoms with Crippen molar-refractivity contribution in [2.75, 3.05) is 0 Å². The first-order valence-corrected chi connectivity index (χ1v) is 1.42. The molecule has 3 heteroatoms. The Morgan fingerprint density at radius 1 is 1.75 bits per heavy atom. The number of carbonyl (C=O) groups excluding carboxylic acids is 1. The molecule has 0 rings (SSSR count). The van der Waals surface area contributed by atoms with E-state index in [9.17, 15) is 0 Å². The molecule has 4 heavy (non-hydrogen) atoms. The fraction of sp³-hybridized carbons (Fsp3) is 0. The average molecular weight is 75.0 g/mol. The molecule has 0 heterocycles. The van der Waals surface area contributed by atoms with Crippen molar-refractivity contribution in [1.29, 1.82) is 0 Å². The predicted molar refractivity (Wildman–Crippen MR) is 13.3 cm³/mol. The van der Waals surface area contributed by atoms with Crippen LogP contribution in [-0.4, -0.2) is 5.66 Å². The monoisotopic (exact) mass is 75.0 g/mol. The molecule has 0 bridgehead atoms. The molecule has 0 fully saturated rings. The summed E-state index contributed by atoms with van der Waals surface area (Å²) in [4.78, 5) is 8.72. The number of rotatable bonds is 0. The van der Waals surface area contributed by atoms with Gasteiger partial charge in [0.15, 0.2) is 0 Å². The molecule has 0 amide bonds. The van der Waals surface area contributed by atoms with E-state index in [0.717, 1.165) is 5.66 Å². The van der Waals surface area contributed by atoms with E-state index in [4.69, 9.17) is 9.36 Å². The quantitative estimate of drug-likeness (QED) is 0.389. The van der Waals surface area contributed by atoms with Crippen molar-refractivity contribution in [2.24, 2.45) is 0 Å². The van der Waals surface area contributed by atoms with Crippen molar-refractivity contribution in [3.63, 3.8) is 0 Å². The van der Waals surface area contributed by atoms with Crippen LogP contribution in [0, 0.1) is 0 Å². The van der Waals surface area contributed by atoms with Crippen LogP contribution in [0.15, 0.2) is 0 Å². The minimum absolute atomic E-state index is 0.557. The molecule has 0 aliphatic rings. The van der Waals surface area contributed by atoms with E-state index < -0.39 is 8.08 Å². The second kappa shape index (κ2) is 2.81. The van der Waals surface area contributed by atoms with Crippen LogP contribution in [0.25, 0.3) is 0 Å². The Hall–Kier alpha value is -0.190. The van der Waals surface area contributed by atoms with Gasteiger partial charge in [-0.25, -0.2) is 0 Å². The van der Waals surface area contributed by atoms with Gasteiger partial charge in [0.05, 0.1) is 0 Å². The summed E-state index contributed by atoms with van der Waals surface area (Å²) in [5.41, 5.74) is 1.10. The molecule has 2 nitrogen and oxygen atoms in total. The molecule has 0 aromatic rings. The molecule has 0 saturated heterocycles. The topological polar surface area (TPSA) is 34.1 Å². The van der Waals surface area contributed by atoms with Gasteiger partial charge >= 0.3 is 23.1 Å². The van der Waals surface area contributed by atoms with Gasteiger partial charge in [-0.2, -0.15) is 0 Å². The van der Waals surface area contributed by atoms with Crippen LogP contribution in [0.3, 0.4) is 0 Å². The second-order valence-electron chi connectivity index (χ2n) is 0.183. The molecule has 20 valence electrons. The van der Waals surface area contributed by atoms with E-state index in [2.05, 4.69) is 0 Å². The van der Waals surface area contributed by atoms with Crippen LogP contribution in [0.2, 0.25) is 0 Å². The summed E-state index contributed by atoms with van der Waals surface area (Å²) in [7, 11) is -0.557. The van der Waals surface area contributed by atoms with Gasteiger partial charge in [-0.15, -0.1) is 0 Å². The van der Waals surface area contributed by atoms with Gasteiger partial charge in [-0.05, 0) is 0 Å². The predicted octanol–water partition coefficient (Wildman–Crippen LogP) is 0.345. The summed E-state index contributed by atoms with van der Waals surface area (Å²) in [5, 5.41) is 0. The molecule has 0 aliphatic heterocycles. The van der Waals surface area contributed by atoms with Crippen LogP contribution >= 0.6 is 8.08 Å². The SMILES string of the molecule is O=C=[P+]=O. The van der Waals surface area contributed by atoms with Gasteiger partial charge in [0.25, 0.3) is 0 Å². The van der Waals surface area contributed by atoms with Gasteiger partial charge in [0, 0.05) is 0 Å². The molecular formula is CO2P+. The zero-order valence-corrected chi connectivity index (χ0v) is 2.66. The van der Waals surface area contributed by atoms with E-state index in [-0.39, 0.29) is 0 Å². The average Bonchev–Trinajstić information content (AvgIpc) is 1.37. The van der Waals surface area contributed by atoms with Gasteiger partial charge in [0.1, 0.15) is 0 Å². The second-order valence-corrected chi connectivity index (χ2v) is 0.548. The van der Waals surface area contributed by atoms with E-state index in [1.54, 1.807) is 0 Å². The maximum absolute atomic E-state index is 8.85. The normalized spacial score (nSPS) is 4.00. The van der Waals surface area contributed by atoms with Crippen LogP contribution in [0.4, 0.5) is 0 Å². The maximum atomic E-state index is 8.85. The summed E-state index contributed by atoms with van der Waals surface area (Å²) in [6.07, 6.45) is 0. The number of hydrogen-bond acceptors (Lipinski definition) is 2. The Labute approximate surface area is 24.3 Å². The van der Waals surface area contributed by atoms with Gasteiger partial charge in [-0.1, -0.05) is 0 Å². The van der Waals surface area contributed by atoms with Crippen molar-refractivity contribution in [1.82, 2.24) is 0 Å². The summed E-state index contributed by atoms with van der Waals surface area (Å²) in [5.74, 6) is 0. The third-order valence-corrected chi connectivity index (χ3v) is 0.112. The van der Waals surface area contributed by atoms with E-state index in [0.29, 0.717) is 0 Å². The van der Waals surface area contributed by atoms with Crippen molar-refractivity contribution in [2.45, 2.75) is 0 Å². The van der Waals surface area contributed by atoms with Gasteiger partial charge in [-0.3, -0.25) is 0 Å². The molecule has 0 unspecified atom stereocenters. The molecule has 0 radical (unpaired) electrons. The zero-order valence-electron chi connectivity index (χ0n) is 1.76. The Morgan fingerprint density at radius 3 is 2.00 bits per heavy atom. The van der Waals surface area contributed by atoms with Gasteiger partial charge in [0.2, 0.25) is 0 Å². The van der Waals surface area contributed by atoms with E-state index >= 15 is 0 Å². The first-order valence-electron chi connectivity index (χ1n) is 0.610. The standard InChI is InChI=1S/CO2P/c2-1-4-3/q+1. The Balaban J connectivity index is 3.95.